The van der Waals surface area contributed by atoms with Crippen molar-refractivity contribution < 1.29 is 18.7 Å². The molecule has 5 heteroatoms. The molecule has 0 rings (SSSR count). The Morgan fingerprint density at radius 2 is 2.15 bits per heavy atom. The number of hydrogen-bond donors (Lipinski definition) is 0. The van der Waals surface area contributed by atoms with Gasteiger partial charge < -0.3 is 13.9 Å². The number of hydrogen-bond acceptors (Lipinski definition) is 4. The van der Waals surface area contributed by atoms with Crippen LogP contribution >= 0.6 is 0 Å². The molecule has 0 atom stereocenters. The lowest BCUT2D eigenvalue weighted by atomic mass is 10.4. The number of ether oxygens (including phenoxy) is 2. The fourth-order valence-electron chi connectivity index (χ4n) is 0.561. The van der Waals surface area contributed by atoms with E-state index in [1.165, 1.54) is 0 Å². The molecule has 4 nitrogen and oxygen atoms in total. The van der Waals surface area contributed by atoms with E-state index in [1.807, 2.05) is 0 Å². The molecule has 0 amide bonds. The lowest BCUT2D eigenvalue weighted by Crippen LogP contribution is -2.13. The predicted molar refractivity (Wildman–Crippen MR) is 52.1 cm³/mol. The summed E-state index contributed by atoms with van der Waals surface area (Å²) in [4.78, 5) is 10.8. The van der Waals surface area contributed by atoms with Gasteiger partial charge in [-0.3, -0.25) is 0 Å². The van der Waals surface area contributed by atoms with Crippen LogP contribution in [0.1, 0.15) is 6.92 Å². The Hall–Kier alpha value is -0.653. The third kappa shape index (κ3) is 7.70. The van der Waals surface area contributed by atoms with Gasteiger partial charge in [0.25, 0.3) is 0 Å². The molecule has 0 radical (unpaired) electrons. The zero-order chi connectivity index (χ0) is 10.1. The first-order chi connectivity index (χ1) is 6.18. The molecule has 0 aliphatic heterocycles. The van der Waals surface area contributed by atoms with Gasteiger partial charge in [0, 0.05) is 12.7 Å². The molecule has 0 heterocycles. The van der Waals surface area contributed by atoms with E-state index in [4.69, 9.17) is 13.9 Å². The van der Waals surface area contributed by atoms with Gasteiger partial charge in [0.15, 0.2) is 9.76 Å². The first kappa shape index (κ1) is 12.3. The highest BCUT2D eigenvalue weighted by atomic mass is 28.2. The van der Waals surface area contributed by atoms with Gasteiger partial charge in [0.2, 0.25) is 0 Å². The molecule has 0 saturated heterocycles. The van der Waals surface area contributed by atoms with Gasteiger partial charge in [-0.05, 0) is 6.92 Å². The number of carbonyl (C=O) groups is 1. The quantitative estimate of drug-likeness (QED) is 0.249. The highest BCUT2D eigenvalue weighted by Gasteiger charge is 2.01. The average Bonchev–Trinajstić information content (AvgIpc) is 2.10. The van der Waals surface area contributed by atoms with Crippen molar-refractivity contribution in [3.8, 4) is 0 Å². The van der Waals surface area contributed by atoms with E-state index in [-0.39, 0.29) is 12.6 Å². The average molecular weight is 204 g/mol. The van der Waals surface area contributed by atoms with Crippen LogP contribution in [-0.2, 0) is 18.7 Å². The zero-order valence-electron chi connectivity index (χ0n) is 8.17. The molecule has 0 spiro atoms. The molecule has 0 unspecified atom stereocenters. The maximum atomic E-state index is 10.8. The third-order valence-corrected chi connectivity index (χ3v) is 2.10. The first-order valence-electron chi connectivity index (χ1n) is 4.07. The largest absolute Gasteiger partial charge is 0.460 e. The first-order valence-corrected chi connectivity index (χ1v) is 5.65. The minimum absolute atomic E-state index is 0.282. The lowest BCUT2D eigenvalue weighted by Gasteiger charge is -2.04. The summed E-state index contributed by atoms with van der Waals surface area (Å²) in [7, 11) is 1.14. The van der Waals surface area contributed by atoms with Crippen LogP contribution in [-0.4, -0.2) is 42.3 Å². The monoisotopic (exact) mass is 204 g/mol. The Bertz CT molecular complexity index is 170. The van der Waals surface area contributed by atoms with Gasteiger partial charge in [-0.15, -0.1) is 0 Å². The van der Waals surface area contributed by atoms with Crippen LogP contribution in [0.3, 0.4) is 0 Å². The Morgan fingerprint density at radius 3 is 2.69 bits per heavy atom. The summed E-state index contributed by atoms with van der Waals surface area (Å²) >= 11 is 0. The summed E-state index contributed by atoms with van der Waals surface area (Å²) in [5.41, 5.74) is 0.409. The van der Waals surface area contributed by atoms with Crippen LogP contribution in [0, 0.1) is 0 Å². The molecule has 0 aliphatic rings. The smallest absolute Gasteiger partial charge is 0.333 e. The molecule has 0 saturated carbocycles. The second kappa shape index (κ2) is 7.97. The SMILES string of the molecule is C=C(C)C(=O)OCCOC[SiH2]OC. The number of carbonyl (C=O) groups excluding carboxylic acids is 1. The van der Waals surface area contributed by atoms with E-state index in [2.05, 4.69) is 6.58 Å². The highest BCUT2D eigenvalue weighted by molar-refractivity contribution is 6.26. The topological polar surface area (TPSA) is 44.8 Å². The van der Waals surface area contributed by atoms with E-state index >= 15 is 0 Å². The third-order valence-electron chi connectivity index (χ3n) is 1.24. The molecule has 0 aliphatic carbocycles. The molecule has 0 aromatic rings. The normalized spacial score (nSPS) is 10.6. The molecule has 0 bridgehead atoms. The number of esters is 1. The van der Waals surface area contributed by atoms with E-state index in [9.17, 15) is 4.79 Å². The Labute approximate surface area is 80.8 Å². The van der Waals surface area contributed by atoms with Crippen LogP contribution in [0.4, 0.5) is 0 Å². The summed E-state index contributed by atoms with van der Waals surface area (Å²) < 4.78 is 14.8. The molecule has 13 heavy (non-hydrogen) atoms. The van der Waals surface area contributed by atoms with E-state index in [0.717, 1.165) is 0 Å². The van der Waals surface area contributed by atoms with Gasteiger partial charge in [-0.25, -0.2) is 4.79 Å². The van der Waals surface area contributed by atoms with Crippen LogP contribution in [0.15, 0.2) is 12.2 Å². The van der Waals surface area contributed by atoms with Gasteiger partial charge in [0.05, 0.1) is 12.8 Å². The summed E-state index contributed by atoms with van der Waals surface area (Å²) in [5, 5.41) is 0. The second-order valence-corrected chi connectivity index (χ2v) is 3.92. The van der Waals surface area contributed by atoms with Crippen molar-refractivity contribution in [1.82, 2.24) is 0 Å². The molecule has 0 aromatic heterocycles. The van der Waals surface area contributed by atoms with Gasteiger partial charge in [-0.1, -0.05) is 6.58 Å². The molecular weight excluding hydrogens is 188 g/mol. The minimum atomic E-state index is -0.522. The Morgan fingerprint density at radius 1 is 1.46 bits per heavy atom. The second-order valence-electron chi connectivity index (χ2n) is 2.52. The maximum absolute atomic E-state index is 10.8. The number of rotatable bonds is 7. The van der Waals surface area contributed by atoms with Gasteiger partial charge in [0.1, 0.15) is 6.61 Å². The van der Waals surface area contributed by atoms with Crippen molar-refractivity contribution in [3.05, 3.63) is 12.2 Å². The molecule has 0 N–H and O–H groups in total. The predicted octanol–water partition coefficient (Wildman–Crippen LogP) is -0.190. The van der Waals surface area contributed by atoms with Gasteiger partial charge in [-0.2, -0.15) is 0 Å². The maximum Gasteiger partial charge on any atom is 0.333 e. The molecule has 0 fully saturated rings. The fraction of sp³-hybridized carbons (Fsp3) is 0.625. The van der Waals surface area contributed by atoms with Crippen molar-refractivity contribution in [2.75, 3.05) is 26.6 Å². The van der Waals surface area contributed by atoms with E-state index < -0.39 is 9.76 Å². The van der Waals surface area contributed by atoms with Crippen LogP contribution in [0.25, 0.3) is 0 Å². The Kier molecular flexibility index (Phi) is 7.57. The summed E-state index contributed by atoms with van der Waals surface area (Å²) in [6, 6.07) is 0. The van der Waals surface area contributed by atoms with E-state index in [1.54, 1.807) is 14.0 Å². The standard InChI is InChI=1S/C8H16O4Si/c1-7(2)8(9)12-5-4-11-6-13-10-3/h1,4-6,13H2,2-3H3. The minimum Gasteiger partial charge on any atom is -0.460 e. The van der Waals surface area contributed by atoms with Crippen molar-refractivity contribution >= 4 is 15.7 Å². The van der Waals surface area contributed by atoms with Gasteiger partial charge >= 0.3 is 5.97 Å². The zero-order valence-corrected chi connectivity index (χ0v) is 9.58. The molecular formula is C8H16O4Si. The summed E-state index contributed by atoms with van der Waals surface area (Å²) in [6.07, 6.45) is 0.654. The van der Waals surface area contributed by atoms with E-state index in [0.29, 0.717) is 18.4 Å². The van der Waals surface area contributed by atoms with Crippen LogP contribution in [0.2, 0.25) is 0 Å². The summed E-state index contributed by atoms with van der Waals surface area (Å²) in [5.74, 6) is -0.368. The Balaban J connectivity index is 3.16. The molecule has 76 valence electrons. The molecule has 0 aromatic carbocycles. The van der Waals surface area contributed by atoms with Crippen molar-refractivity contribution in [1.29, 1.82) is 0 Å². The summed E-state index contributed by atoms with van der Waals surface area (Å²) in [6.45, 7) is 5.77. The fourth-order valence-corrected chi connectivity index (χ4v) is 1.05. The highest BCUT2D eigenvalue weighted by Crippen LogP contribution is 1.91. The van der Waals surface area contributed by atoms with Crippen LogP contribution in [0.5, 0.6) is 0 Å². The van der Waals surface area contributed by atoms with Crippen molar-refractivity contribution in [3.63, 3.8) is 0 Å². The van der Waals surface area contributed by atoms with Crippen molar-refractivity contribution in [2.24, 2.45) is 0 Å². The van der Waals surface area contributed by atoms with Crippen molar-refractivity contribution in [2.45, 2.75) is 6.92 Å². The van der Waals surface area contributed by atoms with Crippen LogP contribution < -0.4 is 0 Å². The lowest BCUT2D eigenvalue weighted by molar-refractivity contribution is -0.140.